The Morgan fingerprint density at radius 2 is 2.08 bits per heavy atom. The average molecular weight is 332 g/mol. The molecule has 1 heterocycles. The number of ether oxygens (including phenoxy) is 2. The molecule has 1 amide bonds. The predicted octanol–water partition coefficient (Wildman–Crippen LogP) is 1.92. The number of piperidine rings is 1. The van der Waals surface area contributed by atoms with Crippen molar-refractivity contribution in [2.24, 2.45) is 0 Å². The second-order valence-electron chi connectivity index (χ2n) is 6.64. The van der Waals surface area contributed by atoms with Crippen LogP contribution < -0.4 is 10.6 Å². The van der Waals surface area contributed by atoms with E-state index in [2.05, 4.69) is 28.8 Å². The van der Waals surface area contributed by atoms with E-state index in [1.807, 2.05) is 13.0 Å². The van der Waals surface area contributed by atoms with E-state index in [9.17, 15) is 4.79 Å². The smallest absolute Gasteiger partial charge is 0.222 e. The van der Waals surface area contributed by atoms with Crippen LogP contribution in [0.1, 0.15) is 43.4 Å². The highest BCUT2D eigenvalue weighted by Crippen LogP contribution is 2.51. The minimum atomic E-state index is -0.0848. The summed E-state index contributed by atoms with van der Waals surface area (Å²) in [4.78, 5) is 12.4. The lowest BCUT2D eigenvalue weighted by Crippen LogP contribution is -2.49. The number of hydrogen-bond acceptors (Lipinski definition) is 4. The topological polar surface area (TPSA) is 59.6 Å². The SMILES string of the molecule is CCOCCC(=O)N[C@H]1c2ccccc2C2(CCNCC2)[C@@H]1OC. The van der Waals surface area contributed by atoms with Gasteiger partial charge in [0.25, 0.3) is 0 Å². The zero-order valence-corrected chi connectivity index (χ0v) is 14.6. The van der Waals surface area contributed by atoms with Crippen LogP contribution in [0.5, 0.6) is 0 Å². The van der Waals surface area contributed by atoms with Crippen molar-refractivity contribution in [1.29, 1.82) is 0 Å². The van der Waals surface area contributed by atoms with Gasteiger partial charge in [-0.3, -0.25) is 4.79 Å². The Morgan fingerprint density at radius 3 is 2.79 bits per heavy atom. The molecule has 1 aliphatic heterocycles. The van der Waals surface area contributed by atoms with Crippen LogP contribution in [0.4, 0.5) is 0 Å². The first-order valence-corrected chi connectivity index (χ1v) is 8.93. The van der Waals surface area contributed by atoms with Crippen LogP contribution in [0, 0.1) is 0 Å². The number of rotatable bonds is 6. The van der Waals surface area contributed by atoms with Gasteiger partial charge in [0.1, 0.15) is 0 Å². The van der Waals surface area contributed by atoms with E-state index in [0.717, 1.165) is 25.9 Å². The first-order chi connectivity index (χ1) is 11.7. The maximum atomic E-state index is 12.4. The van der Waals surface area contributed by atoms with Gasteiger partial charge >= 0.3 is 0 Å². The van der Waals surface area contributed by atoms with Crippen molar-refractivity contribution in [3.8, 4) is 0 Å². The molecule has 1 saturated heterocycles. The maximum absolute atomic E-state index is 12.4. The molecule has 3 rings (SSSR count). The molecule has 1 aromatic rings. The van der Waals surface area contributed by atoms with E-state index in [1.54, 1.807) is 7.11 Å². The van der Waals surface area contributed by atoms with Gasteiger partial charge in [-0.2, -0.15) is 0 Å². The molecule has 0 unspecified atom stereocenters. The number of methoxy groups -OCH3 is 1. The lowest BCUT2D eigenvalue weighted by molar-refractivity contribution is -0.124. The van der Waals surface area contributed by atoms with Crippen molar-refractivity contribution in [2.45, 2.75) is 43.7 Å². The quantitative estimate of drug-likeness (QED) is 0.782. The van der Waals surface area contributed by atoms with Gasteiger partial charge in [-0.15, -0.1) is 0 Å². The van der Waals surface area contributed by atoms with E-state index in [0.29, 0.717) is 19.6 Å². The standard InChI is InChI=1S/C19H28N2O3/c1-3-24-13-8-16(22)21-17-14-6-4-5-7-15(14)19(18(17)23-2)9-11-20-12-10-19/h4-7,17-18,20H,3,8-13H2,1-2H3,(H,21,22)/t17-,18+/m0/s1. The molecule has 132 valence electrons. The van der Waals surface area contributed by atoms with Gasteiger partial charge in [0.2, 0.25) is 5.91 Å². The zero-order valence-electron chi connectivity index (χ0n) is 14.6. The van der Waals surface area contributed by atoms with Crippen LogP contribution in [0.25, 0.3) is 0 Å². The number of carbonyl (C=O) groups excluding carboxylic acids is 1. The lowest BCUT2D eigenvalue weighted by Gasteiger charge is -2.40. The molecule has 2 aliphatic rings. The third kappa shape index (κ3) is 3.08. The number of carbonyl (C=O) groups is 1. The summed E-state index contributed by atoms with van der Waals surface area (Å²) in [5.74, 6) is 0.0243. The monoisotopic (exact) mass is 332 g/mol. The highest BCUT2D eigenvalue weighted by molar-refractivity contribution is 5.77. The number of hydrogen-bond donors (Lipinski definition) is 2. The first-order valence-electron chi connectivity index (χ1n) is 8.93. The zero-order chi connectivity index (χ0) is 17.0. The molecule has 1 spiro atoms. The van der Waals surface area contributed by atoms with Crippen LogP contribution in [0.3, 0.4) is 0 Å². The normalized spacial score (nSPS) is 24.8. The second-order valence-corrected chi connectivity index (χ2v) is 6.64. The average Bonchev–Trinajstić information content (AvgIpc) is 2.85. The summed E-state index contributed by atoms with van der Waals surface area (Å²) in [6.45, 7) is 5.01. The van der Waals surface area contributed by atoms with Crippen molar-refractivity contribution in [3.05, 3.63) is 35.4 Å². The number of amides is 1. The Labute approximate surface area is 144 Å². The predicted molar refractivity (Wildman–Crippen MR) is 93.0 cm³/mol. The minimum absolute atomic E-state index is 0.00550. The van der Waals surface area contributed by atoms with Crippen molar-refractivity contribution < 1.29 is 14.3 Å². The molecular weight excluding hydrogens is 304 g/mol. The van der Waals surface area contributed by atoms with Gasteiger partial charge in [-0.05, 0) is 44.0 Å². The fourth-order valence-corrected chi connectivity index (χ4v) is 4.35. The minimum Gasteiger partial charge on any atom is -0.381 e. The fourth-order valence-electron chi connectivity index (χ4n) is 4.35. The van der Waals surface area contributed by atoms with Gasteiger partial charge in [0.15, 0.2) is 0 Å². The Kier molecular flexibility index (Phi) is 5.54. The molecule has 5 heteroatoms. The van der Waals surface area contributed by atoms with Crippen LogP contribution in [-0.2, 0) is 19.7 Å². The summed E-state index contributed by atoms with van der Waals surface area (Å²) in [6, 6.07) is 8.39. The fraction of sp³-hybridized carbons (Fsp3) is 0.632. The van der Waals surface area contributed by atoms with Crippen molar-refractivity contribution >= 4 is 5.91 Å². The molecule has 24 heavy (non-hydrogen) atoms. The van der Waals surface area contributed by atoms with E-state index in [1.165, 1.54) is 11.1 Å². The third-order valence-corrected chi connectivity index (χ3v) is 5.42. The van der Waals surface area contributed by atoms with E-state index < -0.39 is 0 Å². The molecule has 0 bridgehead atoms. The maximum Gasteiger partial charge on any atom is 0.222 e. The molecule has 2 atom stereocenters. The number of benzene rings is 1. The van der Waals surface area contributed by atoms with Gasteiger partial charge in [0.05, 0.1) is 18.8 Å². The molecule has 1 fully saturated rings. The first kappa shape index (κ1) is 17.4. The Morgan fingerprint density at radius 1 is 1.33 bits per heavy atom. The summed E-state index contributed by atoms with van der Waals surface area (Å²) in [5, 5.41) is 6.64. The molecule has 5 nitrogen and oxygen atoms in total. The molecule has 0 radical (unpaired) electrons. The van der Waals surface area contributed by atoms with Crippen LogP contribution in [-0.4, -0.2) is 45.4 Å². The number of fused-ring (bicyclic) bond motifs is 2. The Bertz CT molecular complexity index is 569. The molecular formula is C19H28N2O3. The highest BCUT2D eigenvalue weighted by Gasteiger charge is 2.53. The molecule has 2 N–H and O–H groups in total. The number of nitrogens with one attached hydrogen (secondary N) is 2. The van der Waals surface area contributed by atoms with Gasteiger partial charge in [-0.25, -0.2) is 0 Å². The molecule has 0 aromatic heterocycles. The van der Waals surface area contributed by atoms with E-state index in [-0.39, 0.29) is 23.5 Å². The van der Waals surface area contributed by atoms with Crippen LogP contribution >= 0.6 is 0 Å². The van der Waals surface area contributed by atoms with Gasteiger partial charge in [-0.1, -0.05) is 24.3 Å². The van der Waals surface area contributed by atoms with Crippen molar-refractivity contribution in [3.63, 3.8) is 0 Å². The lowest BCUT2D eigenvalue weighted by atomic mass is 9.72. The van der Waals surface area contributed by atoms with Crippen LogP contribution in [0.15, 0.2) is 24.3 Å². The van der Waals surface area contributed by atoms with Crippen LogP contribution in [0.2, 0.25) is 0 Å². The molecule has 1 aliphatic carbocycles. The summed E-state index contributed by atoms with van der Waals surface area (Å²) in [7, 11) is 1.76. The largest absolute Gasteiger partial charge is 0.381 e. The molecule has 1 aromatic carbocycles. The summed E-state index contributed by atoms with van der Waals surface area (Å²) < 4.78 is 11.3. The van der Waals surface area contributed by atoms with Crippen molar-refractivity contribution in [2.75, 3.05) is 33.4 Å². The highest BCUT2D eigenvalue weighted by atomic mass is 16.5. The van der Waals surface area contributed by atoms with Crippen molar-refractivity contribution in [1.82, 2.24) is 10.6 Å². The van der Waals surface area contributed by atoms with E-state index >= 15 is 0 Å². The third-order valence-electron chi connectivity index (χ3n) is 5.42. The summed E-state index contributed by atoms with van der Waals surface area (Å²) in [5.41, 5.74) is 2.54. The van der Waals surface area contributed by atoms with E-state index in [4.69, 9.17) is 9.47 Å². The van der Waals surface area contributed by atoms with Gasteiger partial charge < -0.3 is 20.1 Å². The summed E-state index contributed by atoms with van der Waals surface area (Å²) in [6.07, 6.45) is 2.44. The second kappa shape index (κ2) is 7.64. The molecule has 0 saturated carbocycles. The Balaban J connectivity index is 1.84. The Hall–Kier alpha value is -1.43. The van der Waals surface area contributed by atoms with Gasteiger partial charge in [0, 0.05) is 25.6 Å². The summed E-state index contributed by atoms with van der Waals surface area (Å²) >= 11 is 0.